The summed E-state index contributed by atoms with van der Waals surface area (Å²) in [5.74, 6) is 1.61. The maximum absolute atomic E-state index is 13.1. The van der Waals surface area contributed by atoms with Crippen LogP contribution in [0.25, 0.3) is 10.9 Å². The summed E-state index contributed by atoms with van der Waals surface area (Å²) in [5, 5.41) is 8.14. The van der Waals surface area contributed by atoms with Gasteiger partial charge in [0.25, 0.3) is 5.91 Å². The van der Waals surface area contributed by atoms with Gasteiger partial charge in [0.1, 0.15) is 5.82 Å². The number of ether oxygens (including phenoxy) is 1. The summed E-state index contributed by atoms with van der Waals surface area (Å²) in [7, 11) is 0. The van der Waals surface area contributed by atoms with Gasteiger partial charge in [-0.3, -0.25) is 9.89 Å². The molecular formula is C21H25N5O2. The Bertz CT molecular complexity index is 1000. The Hall–Kier alpha value is -2.67. The van der Waals surface area contributed by atoms with Crippen LogP contribution >= 0.6 is 0 Å². The molecule has 2 aromatic heterocycles. The number of hydrogen-bond acceptors (Lipinski definition) is 4. The summed E-state index contributed by atoms with van der Waals surface area (Å²) in [5.41, 5.74) is 2.59. The minimum atomic E-state index is 0.00494. The van der Waals surface area contributed by atoms with E-state index in [-0.39, 0.29) is 11.9 Å². The third kappa shape index (κ3) is 2.90. The summed E-state index contributed by atoms with van der Waals surface area (Å²) < 4.78 is 7.89. The number of likely N-dealkylation sites (tertiary alicyclic amines) is 1. The Morgan fingerprint density at radius 1 is 1.21 bits per heavy atom. The fourth-order valence-electron chi connectivity index (χ4n) is 4.61. The molecule has 5 rings (SSSR count). The largest absolute Gasteiger partial charge is 0.381 e. The van der Waals surface area contributed by atoms with Gasteiger partial charge in [0, 0.05) is 49.5 Å². The predicted molar refractivity (Wildman–Crippen MR) is 105 cm³/mol. The number of carbonyl (C=O) groups is 1. The van der Waals surface area contributed by atoms with E-state index in [1.54, 1.807) is 0 Å². The Balaban J connectivity index is 1.38. The van der Waals surface area contributed by atoms with Crippen molar-refractivity contribution >= 4 is 16.8 Å². The number of benzene rings is 1. The Morgan fingerprint density at radius 3 is 2.89 bits per heavy atom. The van der Waals surface area contributed by atoms with Crippen LogP contribution in [0, 0.1) is 6.92 Å². The number of para-hydroxylation sites is 1. The Labute approximate surface area is 163 Å². The summed E-state index contributed by atoms with van der Waals surface area (Å²) in [6.07, 6.45) is 4.95. The van der Waals surface area contributed by atoms with E-state index in [0.717, 1.165) is 55.7 Å². The SMILES string of the molecule is Cc1cnc(C2CCOCC2)n1C1CCN(C(=O)c2n[nH]c3ccccc23)C1. The van der Waals surface area contributed by atoms with E-state index in [9.17, 15) is 4.79 Å². The van der Waals surface area contributed by atoms with Crippen molar-refractivity contribution in [1.29, 1.82) is 0 Å². The lowest BCUT2D eigenvalue weighted by molar-refractivity contribution is 0.0780. The number of rotatable bonds is 3. The Morgan fingerprint density at radius 2 is 2.04 bits per heavy atom. The van der Waals surface area contributed by atoms with Gasteiger partial charge in [-0.1, -0.05) is 18.2 Å². The molecule has 1 N–H and O–H groups in total. The third-order valence-electron chi connectivity index (χ3n) is 6.09. The number of H-pyrrole nitrogens is 1. The fourth-order valence-corrected chi connectivity index (χ4v) is 4.61. The molecule has 2 fully saturated rings. The third-order valence-corrected chi connectivity index (χ3v) is 6.09. The van der Waals surface area contributed by atoms with Crippen molar-refractivity contribution in [2.45, 2.75) is 38.1 Å². The zero-order chi connectivity index (χ0) is 19.1. The van der Waals surface area contributed by atoms with Crippen LogP contribution in [-0.2, 0) is 4.74 Å². The van der Waals surface area contributed by atoms with E-state index >= 15 is 0 Å². The molecule has 7 nitrogen and oxygen atoms in total. The zero-order valence-electron chi connectivity index (χ0n) is 16.1. The lowest BCUT2D eigenvalue weighted by Crippen LogP contribution is -2.30. The number of imidazole rings is 1. The lowest BCUT2D eigenvalue weighted by atomic mass is 9.99. The van der Waals surface area contributed by atoms with Gasteiger partial charge in [0.15, 0.2) is 5.69 Å². The maximum Gasteiger partial charge on any atom is 0.275 e. The zero-order valence-corrected chi connectivity index (χ0v) is 16.1. The molecule has 0 bridgehead atoms. The number of carbonyl (C=O) groups excluding carboxylic acids is 1. The highest BCUT2D eigenvalue weighted by atomic mass is 16.5. The van der Waals surface area contributed by atoms with Gasteiger partial charge < -0.3 is 14.2 Å². The lowest BCUT2D eigenvalue weighted by Gasteiger charge is -2.26. The molecule has 4 heterocycles. The van der Waals surface area contributed by atoms with Gasteiger partial charge in [0.05, 0.1) is 11.6 Å². The number of nitrogens with zero attached hydrogens (tertiary/aromatic N) is 4. The highest BCUT2D eigenvalue weighted by Gasteiger charge is 2.33. The summed E-state index contributed by atoms with van der Waals surface area (Å²) in [6, 6.07) is 8.05. The highest BCUT2D eigenvalue weighted by Crippen LogP contribution is 2.33. The van der Waals surface area contributed by atoms with E-state index in [2.05, 4.69) is 21.7 Å². The molecule has 2 saturated heterocycles. The first-order chi connectivity index (χ1) is 13.7. The van der Waals surface area contributed by atoms with Crippen molar-refractivity contribution in [3.05, 3.63) is 47.7 Å². The second-order valence-electron chi connectivity index (χ2n) is 7.83. The average Bonchev–Trinajstić information content (AvgIpc) is 3.46. The molecule has 0 saturated carbocycles. The van der Waals surface area contributed by atoms with Gasteiger partial charge in [-0.2, -0.15) is 5.10 Å². The summed E-state index contributed by atoms with van der Waals surface area (Å²) in [4.78, 5) is 19.8. The van der Waals surface area contributed by atoms with Gasteiger partial charge in [0.2, 0.25) is 0 Å². The monoisotopic (exact) mass is 379 g/mol. The summed E-state index contributed by atoms with van der Waals surface area (Å²) >= 11 is 0. The van der Waals surface area contributed by atoms with Gasteiger partial charge >= 0.3 is 0 Å². The molecule has 7 heteroatoms. The first-order valence-electron chi connectivity index (χ1n) is 10.1. The van der Waals surface area contributed by atoms with Crippen LogP contribution in [0.1, 0.15) is 53.2 Å². The van der Waals surface area contributed by atoms with E-state index < -0.39 is 0 Å². The van der Waals surface area contributed by atoms with Crippen molar-refractivity contribution in [2.75, 3.05) is 26.3 Å². The van der Waals surface area contributed by atoms with E-state index in [0.29, 0.717) is 18.2 Å². The molecule has 2 aliphatic heterocycles. The van der Waals surface area contributed by atoms with Crippen LogP contribution in [-0.4, -0.2) is 56.9 Å². The minimum Gasteiger partial charge on any atom is -0.381 e. The average molecular weight is 379 g/mol. The molecule has 0 aliphatic carbocycles. The predicted octanol–water partition coefficient (Wildman–Crippen LogP) is 3.05. The molecule has 1 unspecified atom stereocenters. The number of aromatic amines is 1. The number of aromatic nitrogens is 4. The second kappa shape index (κ2) is 7.05. The molecule has 1 atom stereocenters. The number of nitrogens with one attached hydrogen (secondary N) is 1. The van der Waals surface area contributed by atoms with Gasteiger partial charge in [-0.25, -0.2) is 4.98 Å². The van der Waals surface area contributed by atoms with Crippen molar-refractivity contribution in [2.24, 2.45) is 0 Å². The molecule has 1 aromatic carbocycles. The van der Waals surface area contributed by atoms with Crippen LogP contribution in [0.15, 0.2) is 30.5 Å². The molecule has 0 radical (unpaired) electrons. The molecule has 0 spiro atoms. The van der Waals surface area contributed by atoms with Crippen LogP contribution in [0.3, 0.4) is 0 Å². The van der Waals surface area contributed by atoms with Crippen LogP contribution < -0.4 is 0 Å². The maximum atomic E-state index is 13.1. The summed E-state index contributed by atoms with van der Waals surface area (Å²) in [6.45, 7) is 5.17. The van der Waals surface area contributed by atoms with Crippen molar-refractivity contribution in [3.8, 4) is 0 Å². The molecular weight excluding hydrogens is 354 g/mol. The van der Waals surface area contributed by atoms with Crippen LogP contribution in [0.2, 0.25) is 0 Å². The Kier molecular flexibility index (Phi) is 4.39. The van der Waals surface area contributed by atoms with E-state index in [1.807, 2.05) is 35.4 Å². The van der Waals surface area contributed by atoms with Crippen LogP contribution in [0.4, 0.5) is 0 Å². The first-order valence-corrected chi connectivity index (χ1v) is 10.1. The second-order valence-corrected chi connectivity index (χ2v) is 7.83. The minimum absolute atomic E-state index is 0.00494. The molecule has 146 valence electrons. The smallest absolute Gasteiger partial charge is 0.275 e. The van der Waals surface area contributed by atoms with Crippen molar-refractivity contribution in [3.63, 3.8) is 0 Å². The molecule has 1 amide bonds. The van der Waals surface area contributed by atoms with E-state index in [1.165, 1.54) is 5.69 Å². The number of hydrogen-bond donors (Lipinski definition) is 1. The number of aryl methyl sites for hydroxylation is 1. The standard InChI is InChI=1S/C21H25N5O2/c1-14-12-22-20(15-7-10-28-11-8-15)26(14)16-6-9-25(13-16)21(27)19-17-4-2-3-5-18(17)23-24-19/h2-5,12,15-16H,6-11,13H2,1H3,(H,23,24). The molecule has 28 heavy (non-hydrogen) atoms. The van der Waals surface area contributed by atoms with Crippen molar-refractivity contribution in [1.82, 2.24) is 24.6 Å². The van der Waals surface area contributed by atoms with Crippen molar-refractivity contribution < 1.29 is 9.53 Å². The fraction of sp³-hybridized carbons (Fsp3) is 0.476. The first kappa shape index (κ1) is 17.4. The molecule has 3 aromatic rings. The molecule has 2 aliphatic rings. The number of amides is 1. The quantitative estimate of drug-likeness (QED) is 0.759. The normalized spacial score (nSPS) is 20.9. The van der Waals surface area contributed by atoms with Gasteiger partial charge in [-0.05, 0) is 32.3 Å². The van der Waals surface area contributed by atoms with Crippen LogP contribution in [0.5, 0.6) is 0 Å². The highest BCUT2D eigenvalue weighted by molar-refractivity contribution is 6.04. The topological polar surface area (TPSA) is 76.0 Å². The number of fused-ring (bicyclic) bond motifs is 1. The van der Waals surface area contributed by atoms with E-state index in [4.69, 9.17) is 9.72 Å². The van der Waals surface area contributed by atoms with Gasteiger partial charge in [-0.15, -0.1) is 0 Å².